The zero-order chi connectivity index (χ0) is 10.9. The maximum absolute atomic E-state index is 10.4. The second-order valence-corrected chi connectivity index (χ2v) is 6.77. The third-order valence-corrected chi connectivity index (χ3v) is 3.88. The first-order valence-corrected chi connectivity index (χ1v) is 7.87. The fraction of sp³-hybridized carbons (Fsp3) is 1.00. The van der Waals surface area contributed by atoms with Gasteiger partial charge in [0, 0.05) is 12.3 Å². The summed E-state index contributed by atoms with van der Waals surface area (Å²) in [7, 11) is 0. The fourth-order valence-electron chi connectivity index (χ4n) is 0.933. The van der Waals surface area contributed by atoms with Crippen LogP contribution in [0.1, 0.15) is 19.3 Å². The van der Waals surface area contributed by atoms with Crippen LogP contribution < -0.4 is 11.1 Å². The normalized spacial score (nSPS) is 11.9. The maximum atomic E-state index is 10.4. The molecule has 0 fully saturated rings. The summed E-state index contributed by atoms with van der Waals surface area (Å²) in [6, 6.07) is 0. The molecule has 0 rings (SSSR count). The molecular weight excluding hydrogens is 223 g/mol. The van der Waals surface area contributed by atoms with E-state index in [-0.39, 0.29) is 0 Å². The van der Waals surface area contributed by atoms with Gasteiger partial charge in [-0.25, -0.2) is 4.57 Å². The molecule has 7 heteroatoms. The molecule has 0 aromatic heterocycles. The van der Waals surface area contributed by atoms with Gasteiger partial charge in [-0.2, -0.15) is 0 Å². The van der Waals surface area contributed by atoms with Gasteiger partial charge < -0.3 is 20.8 Å². The second kappa shape index (κ2) is 8.71. The Labute approximate surface area is 88.7 Å². The summed E-state index contributed by atoms with van der Waals surface area (Å²) in [5.74, 6) is 0.446. The van der Waals surface area contributed by atoms with Crippen LogP contribution in [-0.4, -0.2) is 35.2 Å². The Kier molecular flexibility index (Phi) is 8.97. The quantitative estimate of drug-likeness (QED) is 0.348. The average Bonchev–Trinajstić information content (AvgIpc) is 2.08. The molecule has 86 valence electrons. The van der Waals surface area contributed by atoms with Crippen molar-refractivity contribution in [2.24, 2.45) is 5.73 Å². The monoisotopic (exact) mass is 242 g/mol. The van der Waals surface area contributed by atoms with Crippen molar-refractivity contribution in [1.82, 2.24) is 5.32 Å². The van der Waals surface area contributed by atoms with Gasteiger partial charge in [0.25, 0.3) is 0 Å². The van der Waals surface area contributed by atoms with Crippen molar-refractivity contribution in [2.75, 3.05) is 25.4 Å². The van der Waals surface area contributed by atoms with Gasteiger partial charge in [-0.05, 0) is 37.3 Å². The van der Waals surface area contributed by atoms with Gasteiger partial charge in [0.15, 0.2) is 0 Å². The third-order valence-electron chi connectivity index (χ3n) is 1.60. The molecule has 0 spiro atoms. The fourth-order valence-corrected chi connectivity index (χ4v) is 2.39. The first-order valence-electron chi connectivity index (χ1n) is 4.67. The van der Waals surface area contributed by atoms with E-state index in [4.69, 9.17) is 15.5 Å². The lowest BCUT2D eigenvalue weighted by Gasteiger charge is -2.04. The molecule has 5 N–H and O–H groups in total. The van der Waals surface area contributed by atoms with E-state index in [9.17, 15) is 4.57 Å². The minimum atomic E-state index is -3.87. The van der Waals surface area contributed by atoms with Crippen LogP contribution in [-0.2, 0) is 4.57 Å². The van der Waals surface area contributed by atoms with E-state index < -0.39 is 6.80 Å². The van der Waals surface area contributed by atoms with Crippen molar-refractivity contribution in [3.8, 4) is 0 Å². The molecule has 0 bridgehead atoms. The number of hydrogen-bond acceptors (Lipinski definition) is 4. The van der Waals surface area contributed by atoms with Crippen LogP contribution in [0.2, 0.25) is 0 Å². The van der Waals surface area contributed by atoms with Gasteiger partial charge in [0.2, 0.25) is 0 Å². The number of nitrogens with one attached hydrogen (secondary N) is 1. The smallest absolute Gasteiger partial charge is 0.330 e. The second-order valence-electron chi connectivity index (χ2n) is 2.92. The van der Waals surface area contributed by atoms with Crippen molar-refractivity contribution in [3.63, 3.8) is 0 Å². The number of hydrogen-bond donors (Lipinski definition) is 4. The SMILES string of the molecule is NCCCCCNCCSP(=O)(O)O. The number of nitrogens with two attached hydrogens (primary N) is 1. The minimum absolute atomic E-state index is 0.446. The molecule has 0 aromatic carbocycles. The van der Waals surface area contributed by atoms with Crippen molar-refractivity contribution in [2.45, 2.75) is 19.3 Å². The van der Waals surface area contributed by atoms with Crippen LogP contribution in [0.15, 0.2) is 0 Å². The molecule has 0 aliphatic carbocycles. The Bertz CT molecular complexity index is 176. The Morgan fingerprint density at radius 1 is 1.21 bits per heavy atom. The highest BCUT2D eigenvalue weighted by molar-refractivity contribution is 8.54. The Morgan fingerprint density at radius 3 is 2.50 bits per heavy atom. The van der Waals surface area contributed by atoms with Gasteiger partial charge in [-0.3, -0.25) is 0 Å². The van der Waals surface area contributed by atoms with Crippen LogP contribution in [0.3, 0.4) is 0 Å². The van der Waals surface area contributed by atoms with Crippen LogP contribution in [0.5, 0.6) is 0 Å². The molecule has 0 atom stereocenters. The van der Waals surface area contributed by atoms with Crippen molar-refractivity contribution < 1.29 is 14.4 Å². The molecule has 14 heavy (non-hydrogen) atoms. The lowest BCUT2D eigenvalue weighted by Crippen LogP contribution is -2.18. The van der Waals surface area contributed by atoms with E-state index in [1.54, 1.807) is 0 Å². The van der Waals surface area contributed by atoms with E-state index in [1.165, 1.54) is 0 Å². The van der Waals surface area contributed by atoms with E-state index in [2.05, 4.69) is 5.32 Å². The van der Waals surface area contributed by atoms with Crippen LogP contribution >= 0.6 is 18.2 Å². The molecule has 0 amide bonds. The summed E-state index contributed by atoms with van der Waals surface area (Å²) < 4.78 is 10.4. The van der Waals surface area contributed by atoms with Gasteiger partial charge in [-0.1, -0.05) is 6.42 Å². The lowest BCUT2D eigenvalue weighted by atomic mass is 10.2. The summed E-state index contributed by atoms with van der Waals surface area (Å²) in [5, 5.41) is 3.11. The number of unbranched alkanes of at least 4 members (excludes halogenated alkanes) is 2. The van der Waals surface area contributed by atoms with Crippen LogP contribution in [0.4, 0.5) is 0 Å². The molecule has 0 radical (unpaired) electrons. The predicted octanol–water partition coefficient (Wildman–Crippen LogP) is 0.531. The topological polar surface area (TPSA) is 95.6 Å². The van der Waals surface area contributed by atoms with Crippen LogP contribution in [0.25, 0.3) is 0 Å². The Balaban J connectivity index is 3.03. The molecule has 0 saturated heterocycles. The van der Waals surface area contributed by atoms with Crippen molar-refractivity contribution >= 4 is 18.2 Å². The standard InChI is InChI=1S/C7H19N2O3PS/c8-4-2-1-3-5-9-6-7-14-13(10,11)12/h9H,1-8H2,(H2,10,11,12). The summed E-state index contributed by atoms with van der Waals surface area (Å²) in [4.78, 5) is 17.0. The van der Waals surface area contributed by atoms with Gasteiger partial charge >= 0.3 is 6.80 Å². The maximum Gasteiger partial charge on any atom is 0.384 e. The lowest BCUT2D eigenvalue weighted by molar-refractivity contribution is 0.397. The summed E-state index contributed by atoms with van der Waals surface area (Å²) in [5.41, 5.74) is 5.33. The molecular formula is C7H19N2O3PS. The predicted molar refractivity (Wildman–Crippen MR) is 60.3 cm³/mol. The van der Waals surface area contributed by atoms with Crippen molar-refractivity contribution in [3.05, 3.63) is 0 Å². The average molecular weight is 242 g/mol. The molecule has 0 aliphatic rings. The first kappa shape index (κ1) is 14.4. The summed E-state index contributed by atoms with van der Waals surface area (Å²) in [6.07, 6.45) is 3.21. The Hall–Kier alpha value is 0.420. The van der Waals surface area contributed by atoms with Gasteiger partial charge in [0.1, 0.15) is 0 Å². The number of rotatable bonds is 9. The van der Waals surface area contributed by atoms with Crippen molar-refractivity contribution in [1.29, 1.82) is 0 Å². The molecule has 0 unspecified atom stereocenters. The third kappa shape index (κ3) is 12.4. The summed E-state index contributed by atoms with van der Waals surface area (Å²) >= 11 is 0.686. The molecule has 0 aromatic rings. The van der Waals surface area contributed by atoms with E-state index in [0.29, 0.717) is 23.7 Å². The minimum Gasteiger partial charge on any atom is -0.330 e. The van der Waals surface area contributed by atoms with E-state index >= 15 is 0 Å². The molecule has 0 saturated carbocycles. The largest absolute Gasteiger partial charge is 0.384 e. The highest BCUT2D eigenvalue weighted by Crippen LogP contribution is 2.49. The highest BCUT2D eigenvalue weighted by atomic mass is 32.7. The molecule has 0 heterocycles. The summed E-state index contributed by atoms with van der Waals surface area (Å²) in [6.45, 7) is -1.61. The highest BCUT2D eigenvalue weighted by Gasteiger charge is 2.11. The molecule has 5 nitrogen and oxygen atoms in total. The zero-order valence-electron chi connectivity index (χ0n) is 8.19. The molecule has 0 aliphatic heterocycles. The Morgan fingerprint density at radius 2 is 1.93 bits per heavy atom. The van der Waals surface area contributed by atoms with E-state index in [0.717, 1.165) is 32.4 Å². The van der Waals surface area contributed by atoms with Gasteiger partial charge in [0.05, 0.1) is 0 Å². The first-order chi connectivity index (χ1) is 6.56. The zero-order valence-corrected chi connectivity index (χ0v) is 9.90. The van der Waals surface area contributed by atoms with E-state index in [1.807, 2.05) is 0 Å². The van der Waals surface area contributed by atoms with Crippen LogP contribution in [0, 0.1) is 0 Å². The van der Waals surface area contributed by atoms with Gasteiger partial charge in [-0.15, -0.1) is 0 Å².